The first kappa shape index (κ1) is 14.5. The van der Waals surface area contributed by atoms with E-state index in [4.69, 9.17) is 13.7 Å². The zero-order chi connectivity index (χ0) is 15.4. The molecule has 3 aliphatic rings. The number of carbonyl (C=O) groups is 2. The van der Waals surface area contributed by atoms with Gasteiger partial charge >= 0.3 is 11.9 Å². The highest BCUT2D eigenvalue weighted by Crippen LogP contribution is 2.54. The summed E-state index contributed by atoms with van der Waals surface area (Å²) in [5.41, 5.74) is -0.994. The van der Waals surface area contributed by atoms with Crippen molar-refractivity contribution in [2.45, 2.75) is 42.5 Å². The maximum Gasteiger partial charge on any atom is 0.344 e. The smallest absolute Gasteiger partial charge is 0.344 e. The standard InChI is InChI=1S/C12H14O8S/c1-3-8(13)17-5-9(14)18-10-6-4-7-12(2,19-6)11(10)20-21(7,15)16/h3,6-7,10-11H,1,4-5H2,2H3. The summed E-state index contributed by atoms with van der Waals surface area (Å²) >= 11 is 0. The maximum atomic E-state index is 11.8. The minimum absolute atomic E-state index is 0.222. The number of ether oxygens (including phenoxy) is 3. The van der Waals surface area contributed by atoms with Crippen LogP contribution < -0.4 is 0 Å². The third kappa shape index (κ3) is 2.07. The molecule has 0 aromatic carbocycles. The summed E-state index contributed by atoms with van der Waals surface area (Å²) < 4.78 is 44.1. The maximum absolute atomic E-state index is 11.8. The zero-order valence-corrected chi connectivity index (χ0v) is 12.0. The van der Waals surface area contributed by atoms with E-state index in [0.29, 0.717) is 0 Å². The second-order valence-corrected chi connectivity index (χ2v) is 7.09. The third-order valence-electron chi connectivity index (χ3n) is 4.07. The van der Waals surface area contributed by atoms with Gasteiger partial charge in [-0.15, -0.1) is 0 Å². The summed E-state index contributed by atoms with van der Waals surface area (Å²) in [7, 11) is -3.70. The van der Waals surface area contributed by atoms with Crippen molar-refractivity contribution in [1.82, 2.24) is 0 Å². The molecule has 5 atom stereocenters. The van der Waals surface area contributed by atoms with E-state index in [9.17, 15) is 18.0 Å². The molecule has 3 fully saturated rings. The molecule has 0 amide bonds. The highest BCUT2D eigenvalue weighted by molar-refractivity contribution is 7.87. The summed E-state index contributed by atoms with van der Waals surface area (Å²) in [4.78, 5) is 22.5. The molecule has 0 aliphatic carbocycles. The quantitative estimate of drug-likeness (QED) is 0.380. The Labute approximate surface area is 121 Å². The highest BCUT2D eigenvalue weighted by Gasteiger charge is 2.73. The number of rotatable bonds is 4. The predicted molar refractivity (Wildman–Crippen MR) is 66.5 cm³/mol. The van der Waals surface area contributed by atoms with Crippen LogP contribution in [0.1, 0.15) is 13.3 Å². The minimum atomic E-state index is -3.70. The molecule has 9 heteroatoms. The fourth-order valence-electron chi connectivity index (χ4n) is 3.15. The van der Waals surface area contributed by atoms with Gasteiger partial charge in [0.05, 0.1) is 6.10 Å². The van der Waals surface area contributed by atoms with Gasteiger partial charge in [0.25, 0.3) is 10.1 Å². The van der Waals surface area contributed by atoms with Crippen molar-refractivity contribution in [3.63, 3.8) is 0 Å². The molecule has 116 valence electrons. The Kier molecular flexibility index (Phi) is 3.12. The molecule has 3 rings (SSSR count). The second kappa shape index (κ2) is 4.52. The normalized spacial score (nSPS) is 41.8. The lowest BCUT2D eigenvalue weighted by Gasteiger charge is -2.26. The molecule has 3 heterocycles. The fraction of sp³-hybridized carbons (Fsp3) is 0.667. The first-order valence-electron chi connectivity index (χ1n) is 6.36. The van der Waals surface area contributed by atoms with Crippen LogP contribution in [0.5, 0.6) is 0 Å². The Morgan fingerprint density at radius 3 is 2.86 bits per heavy atom. The molecule has 21 heavy (non-hydrogen) atoms. The minimum Gasteiger partial charge on any atom is -0.454 e. The Bertz CT molecular complexity index is 611. The van der Waals surface area contributed by atoms with Crippen molar-refractivity contribution in [1.29, 1.82) is 0 Å². The lowest BCUT2D eigenvalue weighted by Crippen LogP contribution is -2.48. The van der Waals surface area contributed by atoms with Crippen LogP contribution in [0.15, 0.2) is 12.7 Å². The van der Waals surface area contributed by atoms with E-state index < -0.39 is 57.8 Å². The van der Waals surface area contributed by atoms with Crippen LogP contribution in [0.3, 0.4) is 0 Å². The van der Waals surface area contributed by atoms with Gasteiger partial charge in [-0.1, -0.05) is 6.58 Å². The fourth-order valence-corrected chi connectivity index (χ4v) is 5.06. The lowest BCUT2D eigenvalue weighted by molar-refractivity contribution is -0.164. The lowest BCUT2D eigenvalue weighted by atomic mass is 9.85. The summed E-state index contributed by atoms with van der Waals surface area (Å²) in [5, 5.41) is -0.728. The average Bonchev–Trinajstić information content (AvgIpc) is 2.92. The summed E-state index contributed by atoms with van der Waals surface area (Å²) in [5.74, 6) is -1.54. The second-order valence-electron chi connectivity index (χ2n) is 5.34. The Morgan fingerprint density at radius 1 is 1.48 bits per heavy atom. The van der Waals surface area contributed by atoms with Gasteiger partial charge in [-0.05, 0) is 13.3 Å². The van der Waals surface area contributed by atoms with E-state index >= 15 is 0 Å². The van der Waals surface area contributed by atoms with E-state index in [1.807, 2.05) is 0 Å². The van der Waals surface area contributed by atoms with Gasteiger partial charge < -0.3 is 14.2 Å². The highest BCUT2D eigenvalue weighted by atomic mass is 32.2. The van der Waals surface area contributed by atoms with Crippen LogP contribution in [0.25, 0.3) is 0 Å². The van der Waals surface area contributed by atoms with Crippen molar-refractivity contribution >= 4 is 22.1 Å². The summed E-state index contributed by atoms with van der Waals surface area (Å²) in [6.45, 7) is 4.26. The molecular formula is C12H14O8S. The molecule has 0 aromatic heterocycles. The van der Waals surface area contributed by atoms with Crippen molar-refractivity contribution in [2.75, 3.05) is 6.61 Å². The third-order valence-corrected chi connectivity index (χ3v) is 5.91. The van der Waals surface area contributed by atoms with Crippen molar-refractivity contribution in [2.24, 2.45) is 0 Å². The Morgan fingerprint density at radius 2 is 2.19 bits per heavy atom. The molecule has 0 radical (unpaired) electrons. The van der Waals surface area contributed by atoms with Gasteiger partial charge in [0.1, 0.15) is 17.0 Å². The molecule has 3 saturated heterocycles. The monoisotopic (exact) mass is 318 g/mol. The summed E-state index contributed by atoms with van der Waals surface area (Å²) in [6.07, 6.45) is -1.06. The molecule has 8 nitrogen and oxygen atoms in total. The van der Waals surface area contributed by atoms with Crippen LogP contribution in [-0.2, 0) is 38.1 Å². The van der Waals surface area contributed by atoms with Crippen LogP contribution in [-0.4, -0.2) is 56.1 Å². The Balaban J connectivity index is 1.68. The van der Waals surface area contributed by atoms with Crippen LogP contribution in [0, 0.1) is 0 Å². The number of fused-ring (bicyclic) bond motifs is 1. The van der Waals surface area contributed by atoms with Crippen molar-refractivity contribution in [3.8, 4) is 0 Å². The molecular weight excluding hydrogens is 304 g/mol. The molecule has 5 unspecified atom stereocenters. The van der Waals surface area contributed by atoms with Crippen molar-refractivity contribution in [3.05, 3.63) is 12.7 Å². The number of hydrogen-bond donors (Lipinski definition) is 0. The Hall–Kier alpha value is -1.45. The first-order valence-corrected chi connectivity index (χ1v) is 7.83. The molecule has 0 saturated carbocycles. The van der Waals surface area contributed by atoms with Crippen LogP contribution in [0.2, 0.25) is 0 Å². The van der Waals surface area contributed by atoms with E-state index in [0.717, 1.165) is 6.08 Å². The number of carbonyl (C=O) groups excluding carboxylic acids is 2. The number of esters is 2. The van der Waals surface area contributed by atoms with Crippen LogP contribution in [0.4, 0.5) is 0 Å². The van der Waals surface area contributed by atoms with Crippen molar-refractivity contribution < 1.29 is 36.4 Å². The number of hydrogen-bond acceptors (Lipinski definition) is 8. The summed E-state index contributed by atoms with van der Waals surface area (Å²) in [6, 6.07) is 0. The van der Waals surface area contributed by atoms with E-state index in [1.165, 1.54) is 0 Å². The van der Waals surface area contributed by atoms with Crippen LogP contribution >= 0.6 is 0 Å². The largest absolute Gasteiger partial charge is 0.454 e. The van der Waals surface area contributed by atoms with Gasteiger partial charge in [0.2, 0.25) is 0 Å². The van der Waals surface area contributed by atoms with E-state index in [2.05, 4.69) is 11.3 Å². The zero-order valence-electron chi connectivity index (χ0n) is 11.2. The topological polar surface area (TPSA) is 105 Å². The molecule has 3 aliphatic heterocycles. The average molecular weight is 318 g/mol. The van der Waals surface area contributed by atoms with Gasteiger partial charge in [0.15, 0.2) is 12.7 Å². The van der Waals surface area contributed by atoms with E-state index in [-0.39, 0.29) is 6.42 Å². The van der Waals surface area contributed by atoms with E-state index in [1.54, 1.807) is 6.92 Å². The van der Waals surface area contributed by atoms with Gasteiger partial charge in [-0.25, -0.2) is 9.59 Å². The van der Waals surface area contributed by atoms with Gasteiger partial charge in [-0.2, -0.15) is 8.42 Å². The SMILES string of the molecule is C=CC(=O)OCC(=O)OC1C2CC3C(C)(O2)C1OS3(=O)=O. The molecule has 0 aromatic rings. The van der Waals surface area contributed by atoms with Gasteiger partial charge in [-0.3, -0.25) is 4.18 Å². The molecule has 0 spiro atoms. The first-order chi connectivity index (χ1) is 9.78. The molecule has 0 N–H and O–H groups in total. The van der Waals surface area contributed by atoms with Gasteiger partial charge in [0, 0.05) is 6.08 Å². The molecule has 2 bridgehead atoms. The predicted octanol–water partition coefficient (Wildman–Crippen LogP) is -0.714.